The lowest BCUT2D eigenvalue weighted by Gasteiger charge is -2.13. The Labute approximate surface area is 141 Å². The molecule has 0 radical (unpaired) electrons. The van der Waals surface area contributed by atoms with E-state index in [1.807, 2.05) is 0 Å². The van der Waals surface area contributed by atoms with Gasteiger partial charge in [-0.05, 0) is 12.1 Å². The van der Waals surface area contributed by atoms with Crippen LogP contribution in [0, 0.1) is 0 Å². The molecular formula is C16H13FN6O2. The highest BCUT2D eigenvalue weighted by molar-refractivity contribution is 5.67. The number of nitrogens with zero attached hydrogens (tertiary/aromatic N) is 6. The molecule has 3 aromatic rings. The summed E-state index contributed by atoms with van der Waals surface area (Å²) in [4.78, 5) is 4.04. The second-order valence-electron chi connectivity index (χ2n) is 5.44. The van der Waals surface area contributed by atoms with Crippen LogP contribution in [0.2, 0.25) is 0 Å². The quantitative estimate of drug-likeness (QED) is 0.724. The number of hydrogen-bond acceptors (Lipinski definition) is 7. The Bertz CT molecular complexity index is 897. The Hall–Kier alpha value is -3.36. The molecule has 0 spiro atoms. The molecular weight excluding hydrogens is 327 g/mol. The molecule has 1 aliphatic rings. The predicted octanol–water partition coefficient (Wildman–Crippen LogP) is 1.87. The summed E-state index contributed by atoms with van der Waals surface area (Å²) in [5.41, 5.74) is 1.49. The molecule has 1 aliphatic carbocycles. The van der Waals surface area contributed by atoms with Crippen LogP contribution in [0.15, 0.2) is 48.9 Å². The fraction of sp³-hybridized carbons (Fsp3) is 0.188. The van der Waals surface area contributed by atoms with Crippen molar-refractivity contribution in [3.63, 3.8) is 0 Å². The second kappa shape index (κ2) is 6.27. The van der Waals surface area contributed by atoms with Crippen molar-refractivity contribution in [2.24, 2.45) is 0 Å². The topological polar surface area (TPSA) is 98.8 Å². The second-order valence-corrected chi connectivity index (χ2v) is 5.44. The lowest BCUT2D eigenvalue weighted by molar-refractivity contribution is 0.126. The highest BCUT2D eigenvalue weighted by atomic mass is 19.1. The maximum absolute atomic E-state index is 13.5. The van der Waals surface area contributed by atoms with Crippen LogP contribution < -0.4 is 4.74 Å². The molecule has 4 rings (SSSR count). The minimum atomic E-state index is -1.17. The SMILES string of the molecule is Oc1cc(-n2ccnn2)ccc1-c1cnc(O[C@H]2CC=C[C@@H]2F)nn1. The van der Waals surface area contributed by atoms with Crippen LogP contribution in [0.1, 0.15) is 6.42 Å². The number of phenolic OH excluding ortho intramolecular Hbond substituents is 1. The van der Waals surface area contributed by atoms with Gasteiger partial charge in [-0.2, -0.15) is 0 Å². The smallest absolute Gasteiger partial charge is 0.336 e. The van der Waals surface area contributed by atoms with Crippen molar-refractivity contribution in [3.8, 4) is 28.7 Å². The van der Waals surface area contributed by atoms with E-state index in [-0.39, 0.29) is 11.8 Å². The zero-order valence-corrected chi connectivity index (χ0v) is 12.9. The van der Waals surface area contributed by atoms with Crippen molar-refractivity contribution >= 4 is 0 Å². The first-order chi connectivity index (χ1) is 12.2. The molecule has 0 saturated carbocycles. The lowest BCUT2D eigenvalue weighted by atomic mass is 10.1. The third-order valence-corrected chi connectivity index (χ3v) is 3.79. The van der Waals surface area contributed by atoms with Crippen molar-refractivity contribution in [1.82, 2.24) is 30.2 Å². The fourth-order valence-electron chi connectivity index (χ4n) is 2.51. The fourth-order valence-corrected chi connectivity index (χ4v) is 2.51. The van der Waals surface area contributed by atoms with Crippen LogP contribution in [0.4, 0.5) is 4.39 Å². The van der Waals surface area contributed by atoms with Crippen molar-refractivity contribution in [3.05, 3.63) is 48.9 Å². The molecule has 0 bridgehead atoms. The van der Waals surface area contributed by atoms with Crippen LogP contribution in [0.3, 0.4) is 0 Å². The van der Waals surface area contributed by atoms with E-state index in [0.717, 1.165) is 0 Å². The summed E-state index contributed by atoms with van der Waals surface area (Å²) in [6.07, 6.45) is 6.46. The van der Waals surface area contributed by atoms with Gasteiger partial charge < -0.3 is 9.84 Å². The zero-order chi connectivity index (χ0) is 17.2. The number of benzene rings is 1. The summed E-state index contributed by atoms with van der Waals surface area (Å²) < 4.78 is 20.4. The van der Waals surface area contributed by atoms with E-state index in [1.54, 1.807) is 30.6 Å². The van der Waals surface area contributed by atoms with Crippen LogP contribution in [0.5, 0.6) is 11.8 Å². The largest absolute Gasteiger partial charge is 0.507 e. The van der Waals surface area contributed by atoms with E-state index < -0.39 is 12.3 Å². The van der Waals surface area contributed by atoms with Crippen LogP contribution in [-0.4, -0.2) is 47.6 Å². The maximum atomic E-state index is 13.5. The number of rotatable bonds is 4. The van der Waals surface area contributed by atoms with Crippen molar-refractivity contribution in [2.45, 2.75) is 18.7 Å². The molecule has 1 N–H and O–H groups in total. The van der Waals surface area contributed by atoms with Crippen molar-refractivity contribution in [2.75, 3.05) is 0 Å². The number of phenols is 1. The Kier molecular flexibility index (Phi) is 3.81. The summed E-state index contributed by atoms with van der Waals surface area (Å²) >= 11 is 0. The van der Waals surface area contributed by atoms with Gasteiger partial charge in [-0.15, -0.1) is 10.2 Å². The summed E-state index contributed by atoms with van der Waals surface area (Å²) in [6.45, 7) is 0. The molecule has 0 aliphatic heterocycles. The van der Waals surface area contributed by atoms with Crippen molar-refractivity contribution in [1.29, 1.82) is 0 Å². The molecule has 0 saturated heterocycles. The number of aromatic nitrogens is 6. The molecule has 9 heteroatoms. The van der Waals surface area contributed by atoms with Gasteiger partial charge >= 0.3 is 6.01 Å². The molecule has 2 heterocycles. The molecule has 8 nitrogen and oxygen atoms in total. The lowest BCUT2D eigenvalue weighted by Crippen LogP contribution is -2.23. The standard InChI is InChI=1S/C16H13FN6O2/c17-12-2-1-3-15(12)25-16-18-9-13(20-21-16)11-5-4-10(8-14(11)24)23-7-6-19-22-23/h1-2,4-9,12,15,24H,3H2/t12-,15-/m0/s1. The van der Waals surface area contributed by atoms with Gasteiger partial charge in [0.2, 0.25) is 0 Å². The average Bonchev–Trinajstić information content (AvgIpc) is 3.28. The third-order valence-electron chi connectivity index (χ3n) is 3.79. The van der Waals surface area contributed by atoms with Gasteiger partial charge in [0.05, 0.1) is 24.3 Å². The van der Waals surface area contributed by atoms with E-state index in [4.69, 9.17) is 4.74 Å². The van der Waals surface area contributed by atoms with Crippen LogP contribution >= 0.6 is 0 Å². The zero-order valence-electron chi connectivity index (χ0n) is 12.9. The molecule has 0 unspecified atom stereocenters. The third kappa shape index (κ3) is 3.03. The normalized spacial score (nSPS) is 19.2. The Morgan fingerprint density at radius 1 is 1.28 bits per heavy atom. The van der Waals surface area contributed by atoms with E-state index in [1.165, 1.54) is 23.0 Å². The summed E-state index contributed by atoms with van der Waals surface area (Å²) in [7, 11) is 0. The first-order valence-corrected chi connectivity index (χ1v) is 7.58. The number of halogens is 1. The van der Waals surface area contributed by atoms with Gasteiger partial charge in [0.1, 0.15) is 17.5 Å². The van der Waals surface area contributed by atoms with Gasteiger partial charge in [-0.1, -0.05) is 22.5 Å². The number of aromatic hydroxyl groups is 1. The Balaban J connectivity index is 1.54. The van der Waals surface area contributed by atoms with E-state index >= 15 is 0 Å². The number of alkyl halides is 1. The molecule has 126 valence electrons. The molecule has 0 fully saturated rings. The summed E-state index contributed by atoms with van der Waals surface area (Å²) in [5, 5.41) is 25.7. The van der Waals surface area contributed by atoms with E-state index in [2.05, 4.69) is 25.5 Å². The molecule has 25 heavy (non-hydrogen) atoms. The van der Waals surface area contributed by atoms with Crippen LogP contribution in [-0.2, 0) is 0 Å². The molecule has 0 amide bonds. The van der Waals surface area contributed by atoms with Gasteiger partial charge in [-0.3, -0.25) is 0 Å². The van der Waals surface area contributed by atoms with Gasteiger partial charge in [0.25, 0.3) is 0 Å². The van der Waals surface area contributed by atoms with Crippen LogP contribution in [0.25, 0.3) is 16.9 Å². The Morgan fingerprint density at radius 3 is 2.84 bits per heavy atom. The minimum absolute atomic E-state index is 0.00109. The van der Waals surface area contributed by atoms with Gasteiger partial charge in [0, 0.05) is 18.1 Å². The molecule has 2 atom stereocenters. The average molecular weight is 340 g/mol. The van der Waals surface area contributed by atoms with Crippen molar-refractivity contribution < 1.29 is 14.2 Å². The highest BCUT2D eigenvalue weighted by Crippen LogP contribution is 2.29. The first-order valence-electron chi connectivity index (χ1n) is 7.58. The molecule has 1 aromatic carbocycles. The maximum Gasteiger partial charge on any atom is 0.336 e. The minimum Gasteiger partial charge on any atom is -0.507 e. The predicted molar refractivity (Wildman–Crippen MR) is 84.9 cm³/mol. The van der Waals surface area contributed by atoms with E-state index in [9.17, 15) is 9.50 Å². The summed E-state index contributed by atoms with van der Waals surface area (Å²) in [5.74, 6) is 0.00147. The van der Waals surface area contributed by atoms with Gasteiger partial charge in [-0.25, -0.2) is 14.1 Å². The number of ether oxygens (including phenoxy) is 1. The monoisotopic (exact) mass is 340 g/mol. The molecule has 2 aromatic heterocycles. The number of hydrogen-bond donors (Lipinski definition) is 1. The highest BCUT2D eigenvalue weighted by Gasteiger charge is 2.25. The Morgan fingerprint density at radius 2 is 2.20 bits per heavy atom. The van der Waals surface area contributed by atoms with E-state index in [0.29, 0.717) is 23.4 Å². The first kappa shape index (κ1) is 15.2. The van der Waals surface area contributed by atoms with Gasteiger partial charge in [0.15, 0.2) is 6.17 Å². The summed E-state index contributed by atoms with van der Waals surface area (Å²) in [6, 6.07) is 4.97.